The summed E-state index contributed by atoms with van der Waals surface area (Å²) in [7, 11) is 0. The van der Waals surface area contributed by atoms with Gasteiger partial charge in [0.2, 0.25) is 5.91 Å². The molecule has 1 spiro atoms. The van der Waals surface area contributed by atoms with E-state index in [0.717, 1.165) is 37.3 Å². The van der Waals surface area contributed by atoms with Crippen molar-refractivity contribution in [3.8, 4) is 5.75 Å². The quantitative estimate of drug-likeness (QED) is 0.844. The highest BCUT2D eigenvalue weighted by Gasteiger charge is 2.59. The molecule has 1 fully saturated rings. The Hall–Kier alpha value is -2.10. The third kappa shape index (κ3) is 2.27. The molecule has 126 valence electrons. The molecule has 0 N–H and O–H groups in total. The maximum atomic E-state index is 12.2. The Morgan fingerprint density at radius 2 is 2.29 bits per heavy atom. The van der Waals surface area contributed by atoms with E-state index in [4.69, 9.17) is 4.74 Å². The van der Waals surface area contributed by atoms with Crippen molar-refractivity contribution < 1.29 is 9.53 Å². The fourth-order valence-corrected chi connectivity index (χ4v) is 4.26. The van der Waals surface area contributed by atoms with Gasteiger partial charge in [-0.15, -0.1) is 0 Å². The van der Waals surface area contributed by atoms with Gasteiger partial charge in [0.1, 0.15) is 5.75 Å². The SMILES string of the molecule is CCC(=O)N(CC)c1ccc2c(c1)C1(CCO2)CC1C1=CCC=N1. The number of nitrogens with zero attached hydrogens (tertiary/aromatic N) is 2. The molecule has 1 aromatic rings. The number of ether oxygens (including phenoxy) is 1. The molecule has 1 saturated carbocycles. The van der Waals surface area contributed by atoms with Gasteiger partial charge in [-0.05, 0) is 38.0 Å². The van der Waals surface area contributed by atoms with E-state index in [1.165, 1.54) is 11.3 Å². The van der Waals surface area contributed by atoms with Crippen LogP contribution in [0.4, 0.5) is 5.69 Å². The van der Waals surface area contributed by atoms with Crippen LogP contribution in [0.5, 0.6) is 5.75 Å². The van der Waals surface area contributed by atoms with Crippen molar-refractivity contribution in [1.82, 2.24) is 0 Å². The van der Waals surface area contributed by atoms with Crippen molar-refractivity contribution >= 4 is 17.8 Å². The van der Waals surface area contributed by atoms with Gasteiger partial charge in [0.15, 0.2) is 0 Å². The van der Waals surface area contributed by atoms with Crippen LogP contribution >= 0.6 is 0 Å². The molecular formula is C20H24N2O2. The Bertz CT molecular complexity index is 737. The lowest BCUT2D eigenvalue weighted by atomic mass is 9.86. The molecule has 1 amide bonds. The molecule has 24 heavy (non-hydrogen) atoms. The summed E-state index contributed by atoms with van der Waals surface area (Å²) in [6.07, 6.45) is 7.91. The molecule has 2 aliphatic heterocycles. The number of rotatable bonds is 4. The van der Waals surface area contributed by atoms with Gasteiger partial charge in [-0.3, -0.25) is 9.79 Å². The molecule has 0 saturated heterocycles. The van der Waals surface area contributed by atoms with Crippen LogP contribution in [-0.4, -0.2) is 25.3 Å². The van der Waals surface area contributed by atoms with E-state index in [2.05, 4.69) is 17.1 Å². The third-order valence-corrected chi connectivity index (χ3v) is 5.64. The Labute approximate surface area is 143 Å². The lowest BCUT2D eigenvalue weighted by Crippen LogP contribution is -2.30. The first-order valence-electron chi connectivity index (χ1n) is 9.00. The van der Waals surface area contributed by atoms with Crippen LogP contribution in [0.1, 0.15) is 45.1 Å². The fraction of sp³-hybridized carbons (Fsp3) is 0.500. The molecule has 4 rings (SSSR count). The molecule has 0 radical (unpaired) electrons. The predicted molar refractivity (Wildman–Crippen MR) is 95.8 cm³/mol. The Kier molecular flexibility index (Phi) is 3.70. The number of benzene rings is 1. The van der Waals surface area contributed by atoms with Crippen molar-refractivity contribution in [3.63, 3.8) is 0 Å². The second-order valence-electron chi connectivity index (χ2n) is 6.86. The predicted octanol–water partition coefficient (Wildman–Crippen LogP) is 3.85. The molecule has 0 aromatic heterocycles. The van der Waals surface area contributed by atoms with E-state index in [-0.39, 0.29) is 11.3 Å². The number of hydrogen-bond acceptors (Lipinski definition) is 3. The molecular weight excluding hydrogens is 300 g/mol. The van der Waals surface area contributed by atoms with Gasteiger partial charge in [0.05, 0.1) is 6.61 Å². The van der Waals surface area contributed by atoms with Gasteiger partial charge in [0.25, 0.3) is 0 Å². The third-order valence-electron chi connectivity index (χ3n) is 5.64. The van der Waals surface area contributed by atoms with Crippen molar-refractivity contribution in [1.29, 1.82) is 0 Å². The fourth-order valence-electron chi connectivity index (χ4n) is 4.26. The highest BCUT2D eigenvalue weighted by molar-refractivity contribution is 5.93. The Balaban J connectivity index is 1.71. The van der Waals surface area contributed by atoms with Crippen molar-refractivity contribution in [2.24, 2.45) is 10.9 Å². The highest BCUT2D eigenvalue weighted by Crippen LogP contribution is 2.64. The summed E-state index contributed by atoms with van der Waals surface area (Å²) in [6, 6.07) is 6.24. The van der Waals surface area contributed by atoms with Gasteiger partial charge in [-0.1, -0.05) is 13.0 Å². The van der Waals surface area contributed by atoms with Crippen LogP contribution in [0.15, 0.2) is 35.0 Å². The molecule has 3 aliphatic rings. The lowest BCUT2D eigenvalue weighted by molar-refractivity contribution is -0.118. The minimum atomic E-state index is 0.159. The average Bonchev–Trinajstić information content (AvgIpc) is 3.07. The van der Waals surface area contributed by atoms with E-state index >= 15 is 0 Å². The molecule has 2 heterocycles. The van der Waals surface area contributed by atoms with Crippen LogP contribution in [0.2, 0.25) is 0 Å². The highest BCUT2D eigenvalue weighted by atomic mass is 16.5. The summed E-state index contributed by atoms with van der Waals surface area (Å²) in [5.74, 6) is 1.65. The molecule has 4 heteroatoms. The van der Waals surface area contributed by atoms with Crippen LogP contribution < -0.4 is 9.64 Å². The molecule has 2 unspecified atom stereocenters. The van der Waals surface area contributed by atoms with Gasteiger partial charge < -0.3 is 9.64 Å². The molecule has 0 bridgehead atoms. The zero-order valence-electron chi connectivity index (χ0n) is 14.4. The van der Waals surface area contributed by atoms with Gasteiger partial charge >= 0.3 is 0 Å². The van der Waals surface area contributed by atoms with E-state index in [0.29, 0.717) is 18.9 Å². The zero-order valence-corrected chi connectivity index (χ0v) is 14.4. The lowest BCUT2D eigenvalue weighted by Gasteiger charge is -2.29. The molecule has 4 nitrogen and oxygen atoms in total. The van der Waals surface area contributed by atoms with Crippen molar-refractivity contribution in [2.45, 2.75) is 44.9 Å². The number of amides is 1. The number of allylic oxidation sites excluding steroid dienone is 2. The van der Waals surface area contributed by atoms with Crippen molar-refractivity contribution in [3.05, 3.63) is 35.5 Å². The monoisotopic (exact) mass is 324 g/mol. The summed E-state index contributed by atoms with van der Waals surface area (Å²) in [4.78, 5) is 18.7. The van der Waals surface area contributed by atoms with Crippen LogP contribution in [0.25, 0.3) is 0 Å². The standard InChI is InChI=1S/C20H24N2O2/c1-3-19(23)22(4-2)14-7-8-18-15(12-14)20(9-11-24-18)13-16(20)17-6-5-10-21-17/h6-8,10,12,16H,3-5,9,11,13H2,1-2H3. The largest absolute Gasteiger partial charge is 0.493 e. The summed E-state index contributed by atoms with van der Waals surface area (Å²) in [5.41, 5.74) is 3.65. The van der Waals surface area contributed by atoms with E-state index in [9.17, 15) is 4.79 Å². The van der Waals surface area contributed by atoms with Crippen molar-refractivity contribution in [2.75, 3.05) is 18.1 Å². The number of carbonyl (C=O) groups excluding carboxylic acids is 1. The first kappa shape index (κ1) is 15.4. The topological polar surface area (TPSA) is 41.9 Å². The van der Waals surface area contributed by atoms with Crippen LogP contribution in [0, 0.1) is 5.92 Å². The van der Waals surface area contributed by atoms with Gasteiger partial charge in [-0.2, -0.15) is 0 Å². The Morgan fingerprint density at radius 1 is 1.42 bits per heavy atom. The summed E-state index contributed by atoms with van der Waals surface area (Å²) in [5, 5.41) is 0. The number of carbonyl (C=O) groups is 1. The number of anilines is 1. The average molecular weight is 324 g/mol. The summed E-state index contributed by atoms with van der Waals surface area (Å²) >= 11 is 0. The Morgan fingerprint density at radius 3 is 3.00 bits per heavy atom. The van der Waals surface area contributed by atoms with E-state index < -0.39 is 0 Å². The normalized spacial score (nSPS) is 26.8. The zero-order chi connectivity index (χ0) is 16.7. The second-order valence-corrected chi connectivity index (χ2v) is 6.86. The van der Waals surface area contributed by atoms with Gasteiger partial charge in [-0.25, -0.2) is 0 Å². The van der Waals surface area contributed by atoms with Gasteiger partial charge in [0, 0.05) is 53.9 Å². The molecule has 1 aromatic carbocycles. The minimum Gasteiger partial charge on any atom is -0.493 e. The summed E-state index contributed by atoms with van der Waals surface area (Å²) < 4.78 is 5.90. The second kappa shape index (κ2) is 5.76. The number of hydrogen-bond donors (Lipinski definition) is 0. The van der Waals surface area contributed by atoms with E-state index in [1.807, 2.05) is 37.1 Å². The molecule has 2 atom stereocenters. The van der Waals surface area contributed by atoms with Crippen LogP contribution in [0.3, 0.4) is 0 Å². The summed E-state index contributed by atoms with van der Waals surface area (Å²) in [6.45, 7) is 5.40. The maximum Gasteiger partial charge on any atom is 0.226 e. The van der Waals surface area contributed by atoms with E-state index in [1.54, 1.807) is 0 Å². The van der Waals surface area contributed by atoms with Crippen LogP contribution in [-0.2, 0) is 10.2 Å². The maximum absolute atomic E-state index is 12.2. The number of aliphatic imine (C=N–C) groups is 1. The smallest absolute Gasteiger partial charge is 0.226 e. The first-order valence-corrected chi connectivity index (χ1v) is 9.00. The minimum absolute atomic E-state index is 0.159. The number of fused-ring (bicyclic) bond motifs is 2. The first-order chi connectivity index (χ1) is 11.7. The molecule has 1 aliphatic carbocycles.